The second-order valence-corrected chi connectivity index (χ2v) is 6.60. The fourth-order valence-corrected chi connectivity index (χ4v) is 3.35. The highest BCUT2D eigenvalue weighted by Gasteiger charge is 2.22. The smallest absolute Gasteiger partial charge is 0.303 e. The van der Waals surface area contributed by atoms with Crippen LogP contribution >= 0.6 is 27.5 Å². The molecule has 0 saturated carbocycles. The number of carboxylic acids is 1. The fraction of sp³-hybridized carbons (Fsp3) is 0.533. The second-order valence-electron chi connectivity index (χ2n) is 5.31. The molecular formula is C15H19BrClNO3. The number of ether oxygens (including phenoxy) is 1. The first-order valence-electron chi connectivity index (χ1n) is 7.06. The van der Waals surface area contributed by atoms with Gasteiger partial charge in [0.1, 0.15) is 12.4 Å². The summed E-state index contributed by atoms with van der Waals surface area (Å²) in [6.45, 7) is 3.47. The lowest BCUT2D eigenvalue weighted by Crippen LogP contribution is -2.26. The summed E-state index contributed by atoms with van der Waals surface area (Å²) in [4.78, 5) is 12.9. The number of halogens is 2. The molecule has 1 unspecified atom stereocenters. The number of carboxylic acid groups (broad SMARTS) is 1. The first-order chi connectivity index (χ1) is 10.0. The van der Waals surface area contributed by atoms with Crippen LogP contribution in [0, 0.1) is 5.92 Å². The summed E-state index contributed by atoms with van der Waals surface area (Å²) < 4.78 is 6.60. The molecule has 1 saturated heterocycles. The number of hydrogen-bond acceptors (Lipinski definition) is 3. The van der Waals surface area contributed by atoms with Crippen molar-refractivity contribution in [1.82, 2.24) is 4.90 Å². The summed E-state index contributed by atoms with van der Waals surface area (Å²) in [6.07, 6.45) is 2.13. The molecule has 0 aromatic heterocycles. The molecule has 2 rings (SSSR count). The molecule has 21 heavy (non-hydrogen) atoms. The van der Waals surface area contributed by atoms with Gasteiger partial charge in [-0.2, -0.15) is 0 Å². The minimum Gasteiger partial charge on any atom is -0.491 e. The molecule has 116 valence electrons. The normalized spacial score (nSPS) is 18.9. The molecule has 0 radical (unpaired) electrons. The van der Waals surface area contributed by atoms with Crippen LogP contribution in [0.15, 0.2) is 22.7 Å². The zero-order valence-electron chi connectivity index (χ0n) is 11.7. The Bertz CT molecular complexity index is 498. The van der Waals surface area contributed by atoms with Crippen LogP contribution in [0.3, 0.4) is 0 Å². The van der Waals surface area contributed by atoms with Crippen molar-refractivity contribution >= 4 is 33.5 Å². The zero-order chi connectivity index (χ0) is 15.2. The van der Waals surface area contributed by atoms with E-state index >= 15 is 0 Å². The van der Waals surface area contributed by atoms with Gasteiger partial charge in [-0.05, 0) is 59.4 Å². The van der Waals surface area contributed by atoms with E-state index in [9.17, 15) is 4.79 Å². The third-order valence-electron chi connectivity index (χ3n) is 3.70. The highest BCUT2D eigenvalue weighted by atomic mass is 79.9. The van der Waals surface area contributed by atoms with Crippen LogP contribution in [-0.4, -0.2) is 42.2 Å². The van der Waals surface area contributed by atoms with Crippen LogP contribution in [0.4, 0.5) is 0 Å². The Labute approximate surface area is 138 Å². The van der Waals surface area contributed by atoms with Crippen molar-refractivity contribution in [3.8, 4) is 5.75 Å². The molecule has 1 aromatic carbocycles. The molecule has 1 aliphatic rings. The first kappa shape index (κ1) is 16.6. The average molecular weight is 377 g/mol. The van der Waals surface area contributed by atoms with Gasteiger partial charge in [-0.3, -0.25) is 9.69 Å². The van der Waals surface area contributed by atoms with E-state index in [-0.39, 0.29) is 6.42 Å². The summed E-state index contributed by atoms with van der Waals surface area (Å²) in [6, 6.07) is 5.47. The average Bonchev–Trinajstić information content (AvgIpc) is 2.87. The molecule has 1 atom stereocenters. The quantitative estimate of drug-likeness (QED) is 0.789. The third-order valence-corrected chi connectivity index (χ3v) is 4.55. The Hall–Kier alpha value is -0.780. The van der Waals surface area contributed by atoms with Gasteiger partial charge in [0.15, 0.2) is 0 Å². The Morgan fingerprint density at radius 2 is 2.33 bits per heavy atom. The lowest BCUT2D eigenvalue weighted by atomic mass is 10.0. The maximum absolute atomic E-state index is 10.6. The van der Waals surface area contributed by atoms with Crippen molar-refractivity contribution in [3.05, 3.63) is 27.7 Å². The van der Waals surface area contributed by atoms with E-state index in [2.05, 4.69) is 20.8 Å². The van der Waals surface area contributed by atoms with E-state index in [1.807, 2.05) is 12.1 Å². The SMILES string of the molecule is O=C(O)CCC1CCN(CCOc2ccc(Cl)cc2Br)C1. The highest BCUT2D eigenvalue weighted by molar-refractivity contribution is 9.10. The van der Waals surface area contributed by atoms with Crippen molar-refractivity contribution in [2.24, 2.45) is 5.92 Å². The minimum absolute atomic E-state index is 0.271. The van der Waals surface area contributed by atoms with E-state index in [4.69, 9.17) is 21.4 Å². The van der Waals surface area contributed by atoms with Crippen LogP contribution in [0.5, 0.6) is 5.75 Å². The number of carbonyl (C=O) groups is 1. The molecule has 0 amide bonds. The van der Waals surface area contributed by atoms with E-state index in [0.717, 1.165) is 42.7 Å². The predicted octanol–water partition coefficient (Wildman–Crippen LogP) is 3.67. The van der Waals surface area contributed by atoms with Gasteiger partial charge < -0.3 is 9.84 Å². The summed E-state index contributed by atoms with van der Waals surface area (Å²) in [5.41, 5.74) is 0. The molecule has 1 fully saturated rings. The van der Waals surface area contributed by atoms with Crippen LogP contribution in [0.2, 0.25) is 5.02 Å². The van der Waals surface area contributed by atoms with Crippen molar-refractivity contribution in [1.29, 1.82) is 0 Å². The fourth-order valence-electron chi connectivity index (χ4n) is 2.56. The Morgan fingerprint density at radius 3 is 3.05 bits per heavy atom. The molecule has 4 nitrogen and oxygen atoms in total. The van der Waals surface area contributed by atoms with E-state index < -0.39 is 5.97 Å². The minimum atomic E-state index is -0.704. The van der Waals surface area contributed by atoms with Crippen LogP contribution in [-0.2, 0) is 4.79 Å². The monoisotopic (exact) mass is 375 g/mol. The summed E-state index contributed by atoms with van der Waals surface area (Å²) in [5.74, 6) is 0.591. The summed E-state index contributed by atoms with van der Waals surface area (Å²) in [5, 5.41) is 9.38. The lowest BCUT2D eigenvalue weighted by molar-refractivity contribution is -0.137. The third kappa shape index (κ3) is 5.49. The van der Waals surface area contributed by atoms with E-state index in [1.165, 1.54) is 0 Å². The van der Waals surface area contributed by atoms with E-state index in [0.29, 0.717) is 17.5 Å². The highest BCUT2D eigenvalue weighted by Crippen LogP contribution is 2.28. The van der Waals surface area contributed by atoms with Gasteiger partial charge in [0.05, 0.1) is 4.47 Å². The number of rotatable bonds is 7. The van der Waals surface area contributed by atoms with Crippen molar-refractivity contribution < 1.29 is 14.6 Å². The number of nitrogens with zero attached hydrogens (tertiary/aromatic N) is 1. The summed E-state index contributed by atoms with van der Waals surface area (Å²) in [7, 11) is 0. The number of hydrogen-bond donors (Lipinski definition) is 1. The van der Waals surface area contributed by atoms with Crippen molar-refractivity contribution in [3.63, 3.8) is 0 Å². The lowest BCUT2D eigenvalue weighted by Gasteiger charge is -2.16. The second kappa shape index (κ2) is 8.01. The van der Waals surface area contributed by atoms with Gasteiger partial charge in [0, 0.05) is 24.5 Å². The van der Waals surface area contributed by atoms with Crippen LogP contribution in [0.1, 0.15) is 19.3 Å². The molecule has 0 spiro atoms. The van der Waals surface area contributed by atoms with Crippen molar-refractivity contribution in [2.45, 2.75) is 19.3 Å². The Balaban J connectivity index is 1.68. The molecule has 1 N–H and O–H groups in total. The van der Waals surface area contributed by atoms with Gasteiger partial charge in [-0.1, -0.05) is 11.6 Å². The van der Waals surface area contributed by atoms with Crippen LogP contribution in [0.25, 0.3) is 0 Å². The van der Waals surface area contributed by atoms with E-state index in [1.54, 1.807) is 6.07 Å². The Kier molecular flexibility index (Phi) is 6.33. The Morgan fingerprint density at radius 1 is 1.52 bits per heavy atom. The van der Waals surface area contributed by atoms with Gasteiger partial charge in [-0.15, -0.1) is 0 Å². The molecule has 1 heterocycles. The largest absolute Gasteiger partial charge is 0.491 e. The van der Waals surface area contributed by atoms with Crippen molar-refractivity contribution in [2.75, 3.05) is 26.2 Å². The molecular weight excluding hydrogens is 358 g/mol. The number of likely N-dealkylation sites (tertiary alicyclic amines) is 1. The van der Waals surface area contributed by atoms with Gasteiger partial charge >= 0.3 is 5.97 Å². The zero-order valence-corrected chi connectivity index (χ0v) is 14.1. The van der Waals surface area contributed by atoms with Gasteiger partial charge in [0.2, 0.25) is 0 Å². The molecule has 0 aliphatic carbocycles. The first-order valence-corrected chi connectivity index (χ1v) is 8.23. The van der Waals surface area contributed by atoms with Gasteiger partial charge in [0.25, 0.3) is 0 Å². The van der Waals surface area contributed by atoms with Crippen LogP contribution < -0.4 is 4.74 Å². The molecule has 6 heteroatoms. The summed E-state index contributed by atoms with van der Waals surface area (Å²) >= 11 is 9.31. The maximum atomic E-state index is 10.6. The number of aliphatic carboxylic acids is 1. The molecule has 1 aromatic rings. The molecule has 0 bridgehead atoms. The topological polar surface area (TPSA) is 49.8 Å². The number of benzene rings is 1. The standard InChI is InChI=1S/C15H19BrClNO3/c16-13-9-12(17)2-3-14(13)21-8-7-18-6-5-11(10-18)1-4-15(19)20/h2-3,9,11H,1,4-8,10H2,(H,19,20). The predicted molar refractivity (Wildman–Crippen MR) is 86.1 cm³/mol. The molecule has 1 aliphatic heterocycles. The van der Waals surface area contributed by atoms with Gasteiger partial charge in [-0.25, -0.2) is 0 Å². The maximum Gasteiger partial charge on any atom is 0.303 e.